The molecule has 2 amide bonds. The van der Waals surface area contributed by atoms with E-state index in [0.29, 0.717) is 35.9 Å². The largest absolute Gasteiger partial charge is 0.376 e. The summed E-state index contributed by atoms with van der Waals surface area (Å²) >= 11 is 0. The fraction of sp³-hybridized carbons (Fsp3) is 0.344. The van der Waals surface area contributed by atoms with Crippen LogP contribution in [0.5, 0.6) is 0 Å². The smallest absolute Gasteiger partial charge is 0.251 e. The van der Waals surface area contributed by atoms with Crippen LogP contribution in [0.2, 0.25) is 0 Å². The second-order valence-electron chi connectivity index (χ2n) is 10.9. The van der Waals surface area contributed by atoms with Crippen molar-refractivity contribution in [2.75, 3.05) is 18.1 Å². The van der Waals surface area contributed by atoms with Crippen LogP contribution < -0.4 is 10.2 Å². The molecule has 0 radical (unpaired) electrons. The van der Waals surface area contributed by atoms with Gasteiger partial charge in [0.25, 0.3) is 5.91 Å². The maximum atomic E-state index is 14.1. The molecule has 9 nitrogen and oxygen atoms in total. The van der Waals surface area contributed by atoms with E-state index in [2.05, 4.69) is 34.6 Å². The van der Waals surface area contributed by atoms with Crippen molar-refractivity contribution < 1.29 is 18.7 Å². The molecule has 218 valence electrons. The zero-order chi connectivity index (χ0) is 29.6. The molecule has 3 aromatic carbocycles. The Morgan fingerprint density at radius 2 is 1.71 bits per heavy atom. The van der Waals surface area contributed by atoms with Crippen molar-refractivity contribution in [1.29, 1.82) is 0 Å². The van der Waals surface area contributed by atoms with Gasteiger partial charge in [-0.05, 0) is 78.4 Å². The monoisotopic (exact) mass is 570 g/mol. The van der Waals surface area contributed by atoms with Gasteiger partial charge in [-0.2, -0.15) is 4.80 Å². The molecule has 2 unspecified atom stereocenters. The lowest BCUT2D eigenvalue weighted by molar-refractivity contribution is -0.127. The number of carbonyl (C=O) groups is 2. The lowest BCUT2D eigenvalue weighted by Crippen LogP contribution is -2.46. The summed E-state index contributed by atoms with van der Waals surface area (Å²) in [6.07, 6.45) is 1.79. The highest BCUT2D eigenvalue weighted by atomic mass is 19.1. The van der Waals surface area contributed by atoms with Crippen molar-refractivity contribution in [3.63, 3.8) is 0 Å². The number of carbonyl (C=O) groups excluding carboxylic acids is 2. The Kier molecular flexibility index (Phi) is 9.02. The molecule has 2 atom stereocenters. The Morgan fingerprint density at radius 1 is 1.02 bits per heavy atom. The molecule has 4 aromatic rings. The highest BCUT2D eigenvalue weighted by Gasteiger charge is 2.34. The van der Waals surface area contributed by atoms with Gasteiger partial charge in [-0.3, -0.25) is 14.5 Å². The third kappa shape index (κ3) is 6.88. The van der Waals surface area contributed by atoms with E-state index >= 15 is 0 Å². The summed E-state index contributed by atoms with van der Waals surface area (Å²) in [5.74, 6) is -0.516. The molecular weight excluding hydrogens is 535 g/mol. The maximum Gasteiger partial charge on any atom is 0.251 e. The molecule has 1 fully saturated rings. The van der Waals surface area contributed by atoms with Crippen LogP contribution in [-0.4, -0.2) is 51.3 Å². The van der Waals surface area contributed by atoms with Crippen molar-refractivity contribution in [3.05, 3.63) is 95.3 Å². The average Bonchev–Trinajstić information content (AvgIpc) is 3.68. The molecule has 1 aromatic heterocycles. The Hall–Kier alpha value is -4.44. The fourth-order valence-corrected chi connectivity index (χ4v) is 4.96. The zero-order valence-electron chi connectivity index (χ0n) is 24.0. The number of tetrazole rings is 1. The molecule has 1 saturated heterocycles. The van der Waals surface area contributed by atoms with Crippen LogP contribution in [0.1, 0.15) is 55.3 Å². The Balaban J connectivity index is 1.49. The number of hydrogen-bond acceptors (Lipinski definition) is 6. The number of hydrogen-bond donors (Lipinski definition) is 1. The number of anilines is 1. The minimum Gasteiger partial charge on any atom is -0.376 e. The molecule has 1 aliphatic rings. The lowest BCUT2D eigenvalue weighted by Gasteiger charge is -2.32. The molecule has 10 heteroatoms. The summed E-state index contributed by atoms with van der Waals surface area (Å²) in [5, 5.41) is 15.5. The summed E-state index contributed by atoms with van der Waals surface area (Å²) in [5.41, 5.74) is 3.97. The SMILES string of the molecule is Cc1ccc(C(C(=O)NCC2CCCO2)N(C(=O)Cn2nnc(-c3ccc(F)cc3)n2)c2ccc(C(C)C)cc2)cc1. The predicted molar refractivity (Wildman–Crippen MR) is 157 cm³/mol. The first kappa shape index (κ1) is 29.1. The molecule has 0 aliphatic carbocycles. The quantitative estimate of drug-likeness (QED) is 0.289. The molecule has 42 heavy (non-hydrogen) atoms. The number of nitrogens with one attached hydrogen (secondary N) is 1. The third-order valence-electron chi connectivity index (χ3n) is 7.37. The van der Waals surface area contributed by atoms with Gasteiger partial charge in [0.15, 0.2) is 0 Å². The summed E-state index contributed by atoms with van der Waals surface area (Å²) in [4.78, 5) is 30.7. The number of benzene rings is 3. The molecule has 1 aliphatic heterocycles. The predicted octanol–water partition coefficient (Wildman–Crippen LogP) is 4.98. The lowest BCUT2D eigenvalue weighted by atomic mass is 9.99. The number of ether oxygens (including phenoxy) is 1. The van der Waals surface area contributed by atoms with Crippen molar-refractivity contribution in [2.24, 2.45) is 0 Å². The highest BCUT2D eigenvalue weighted by Crippen LogP contribution is 2.30. The van der Waals surface area contributed by atoms with Gasteiger partial charge in [-0.15, -0.1) is 10.2 Å². The highest BCUT2D eigenvalue weighted by molar-refractivity contribution is 6.01. The standard InChI is InChI=1S/C32H35FN6O3/c1-21(2)23-12-16-27(17-13-23)39(29(40)20-38-36-31(35-37-38)25-10-14-26(33)15-11-25)30(24-8-6-22(3)7-9-24)32(41)34-19-28-5-4-18-42-28/h6-17,21,28,30H,4-5,18-20H2,1-3H3,(H,34,41). The summed E-state index contributed by atoms with van der Waals surface area (Å²) in [7, 11) is 0. The van der Waals surface area contributed by atoms with Gasteiger partial charge in [0.1, 0.15) is 18.4 Å². The second kappa shape index (κ2) is 13.0. The van der Waals surface area contributed by atoms with E-state index in [1.54, 1.807) is 12.1 Å². The number of rotatable bonds is 10. The molecule has 0 bridgehead atoms. The van der Waals surface area contributed by atoms with Gasteiger partial charge in [0.2, 0.25) is 11.7 Å². The van der Waals surface area contributed by atoms with Crippen LogP contribution in [0, 0.1) is 12.7 Å². The molecule has 2 heterocycles. The van der Waals surface area contributed by atoms with Crippen molar-refractivity contribution in [1.82, 2.24) is 25.5 Å². The summed E-state index contributed by atoms with van der Waals surface area (Å²) in [6, 6.07) is 20.0. The fourth-order valence-electron chi connectivity index (χ4n) is 4.96. The number of aryl methyl sites for hydroxylation is 1. The van der Waals surface area contributed by atoms with Gasteiger partial charge in [0, 0.05) is 24.4 Å². The second-order valence-corrected chi connectivity index (χ2v) is 10.9. The maximum absolute atomic E-state index is 14.1. The topological polar surface area (TPSA) is 102 Å². The van der Waals surface area contributed by atoms with Crippen LogP contribution >= 0.6 is 0 Å². The van der Waals surface area contributed by atoms with E-state index in [4.69, 9.17) is 4.74 Å². The van der Waals surface area contributed by atoms with E-state index in [1.807, 2.05) is 55.5 Å². The van der Waals surface area contributed by atoms with Crippen LogP contribution in [-0.2, 0) is 20.9 Å². The average molecular weight is 571 g/mol. The normalized spacial score (nSPS) is 15.5. The molecule has 0 spiro atoms. The van der Waals surface area contributed by atoms with Crippen LogP contribution in [0.15, 0.2) is 72.8 Å². The van der Waals surface area contributed by atoms with E-state index in [0.717, 1.165) is 24.0 Å². The molecule has 5 rings (SSSR count). The number of amides is 2. The van der Waals surface area contributed by atoms with Crippen molar-refractivity contribution >= 4 is 17.5 Å². The van der Waals surface area contributed by atoms with E-state index in [-0.39, 0.29) is 30.2 Å². The van der Waals surface area contributed by atoms with E-state index < -0.39 is 11.9 Å². The van der Waals surface area contributed by atoms with Crippen LogP contribution in [0.4, 0.5) is 10.1 Å². The van der Waals surface area contributed by atoms with Gasteiger partial charge in [0.05, 0.1) is 6.10 Å². The van der Waals surface area contributed by atoms with Gasteiger partial charge in [-0.25, -0.2) is 4.39 Å². The zero-order valence-corrected chi connectivity index (χ0v) is 24.0. The van der Waals surface area contributed by atoms with E-state index in [1.165, 1.54) is 21.8 Å². The first-order valence-electron chi connectivity index (χ1n) is 14.2. The summed E-state index contributed by atoms with van der Waals surface area (Å²) < 4.78 is 19.1. The molecule has 0 saturated carbocycles. The first-order chi connectivity index (χ1) is 20.3. The number of nitrogens with zero attached hydrogens (tertiary/aromatic N) is 5. The van der Waals surface area contributed by atoms with E-state index in [9.17, 15) is 14.0 Å². The minimum absolute atomic E-state index is 0.0497. The van der Waals surface area contributed by atoms with Gasteiger partial charge >= 0.3 is 0 Å². The Morgan fingerprint density at radius 3 is 2.36 bits per heavy atom. The first-order valence-corrected chi connectivity index (χ1v) is 14.2. The summed E-state index contributed by atoms with van der Waals surface area (Å²) in [6.45, 7) is 6.95. The van der Waals surface area contributed by atoms with Crippen LogP contribution in [0.3, 0.4) is 0 Å². The Bertz CT molecular complexity index is 1500. The van der Waals surface area contributed by atoms with Crippen molar-refractivity contribution in [3.8, 4) is 11.4 Å². The molecule has 1 N–H and O–H groups in total. The third-order valence-corrected chi connectivity index (χ3v) is 7.37. The Labute approximate surface area is 244 Å². The van der Waals surface area contributed by atoms with Gasteiger partial charge in [-0.1, -0.05) is 55.8 Å². The number of halogens is 1. The molecular formula is C32H35FN6O3. The van der Waals surface area contributed by atoms with Crippen LogP contribution in [0.25, 0.3) is 11.4 Å². The number of aromatic nitrogens is 4. The van der Waals surface area contributed by atoms with Gasteiger partial charge < -0.3 is 10.1 Å². The minimum atomic E-state index is -0.954. The van der Waals surface area contributed by atoms with Crippen molar-refractivity contribution in [2.45, 2.75) is 58.2 Å².